The van der Waals surface area contributed by atoms with E-state index in [9.17, 15) is 19.6 Å². The van der Waals surface area contributed by atoms with Crippen LogP contribution >= 0.6 is 0 Å². The molecule has 7 heteroatoms. The fourth-order valence-corrected chi connectivity index (χ4v) is 4.79. The van der Waals surface area contributed by atoms with Gasteiger partial charge in [0.25, 0.3) is 0 Å². The summed E-state index contributed by atoms with van der Waals surface area (Å²) < 4.78 is 5.02. The topological polar surface area (TPSA) is 90.7 Å². The van der Waals surface area contributed by atoms with Crippen molar-refractivity contribution in [2.24, 2.45) is 11.8 Å². The van der Waals surface area contributed by atoms with Gasteiger partial charge in [0, 0.05) is 13.1 Å². The summed E-state index contributed by atoms with van der Waals surface area (Å²) in [6.45, 7) is 1.30. The fraction of sp³-hybridized carbons (Fsp3) is 0.217. The highest BCUT2D eigenvalue weighted by Gasteiger charge is 2.63. The number of benzene rings is 2. The Morgan fingerprint density at radius 1 is 1.03 bits per heavy atom. The van der Waals surface area contributed by atoms with Gasteiger partial charge in [-0.15, -0.1) is 0 Å². The van der Waals surface area contributed by atoms with Gasteiger partial charge >= 0.3 is 5.97 Å². The minimum absolute atomic E-state index is 0.317. The summed E-state index contributed by atoms with van der Waals surface area (Å²) in [5.41, 5.74) is 2.33. The van der Waals surface area contributed by atoms with E-state index in [4.69, 9.17) is 4.74 Å². The summed E-state index contributed by atoms with van der Waals surface area (Å²) in [4.78, 5) is 40.9. The van der Waals surface area contributed by atoms with E-state index in [0.29, 0.717) is 11.4 Å². The zero-order valence-corrected chi connectivity index (χ0v) is 16.1. The molecule has 3 heterocycles. The van der Waals surface area contributed by atoms with E-state index in [0.717, 1.165) is 16.0 Å². The number of amides is 2. The van der Waals surface area contributed by atoms with Crippen LogP contribution in [0, 0.1) is 23.2 Å². The van der Waals surface area contributed by atoms with E-state index in [1.54, 1.807) is 12.1 Å². The number of hydrogen-bond acceptors (Lipinski definition) is 6. The molecule has 0 spiro atoms. The third-order valence-electron chi connectivity index (χ3n) is 5.95. The lowest BCUT2D eigenvalue weighted by atomic mass is 9.85. The third kappa shape index (κ3) is 2.47. The molecule has 30 heavy (non-hydrogen) atoms. The molecular weight excluding hydrogens is 382 g/mol. The standard InChI is InChI=1S/C23H17N3O4/c1-13(27)30-16-8-6-15(7-9-16)26-22(28)19-18(12-24)25-11-10-14-4-2-3-5-17(14)21(25)20(19)23(26)29/h2-11,18-21H,1H3/t18-,19+,20+,21-/m0/s1. The van der Waals surface area contributed by atoms with Crippen molar-refractivity contribution in [2.75, 3.05) is 4.90 Å². The molecule has 0 N–H and O–H groups in total. The number of nitrogens with zero attached hydrogens (tertiary/aromatic N) is 3. The number of rotatable bonds is 2. The lowest BCUT2D eigenvalue weighted by Gasteiger charge is -2.33. The van der Waals surface area contributed by atoms with Crippen molar-refractivity contribution in [3.8, 4) is 11.8 Å². The van der Waals surface area contributed by atoms with Crippen LogP contribution in [0.2, 0.25) is 0 Å². The first-order valence-electron chi connectivity index (χ1n) is 9.62. The number of carbonyl (C=O) groups excluding carboxylic acids is 3. The molecule has 7 nitrogen and oxygen atoms in total. The molecule has 4 atom stereocenters. The summed E-state index contributed by atoms with van der Waals surface area (Å²) >= 11 is 0. The second kappa shape index (κ2) is 6.56. The number of fused-ring (bicyclic) bond motifs is 5. The summed E-state index contributed by atoms with van der Waals surface area (Å²) in [6.07, 6.45) is 3.73. The van der Waals surface area contributed by atoms with Crippen molar-refractivity contribution in [3.63, 3.8) is 0 Å². The predicted octanol–water partition coefficient (Wildman–Crippen LogP) is 2.65. The van der Waals surface area contributed by atoms with Crippen molar-refractivity contribution in [3.05, 3.63) is 65.9 Å². The predicted molar refractivity (Wildman–Crippen MR) is 107 cm³/mol. The Labute approximate surface area is 172 Å². The number of hydrogen-bond donors (Lipinski definition) is 0. The van der Waals surface area contributed by atoms with Crippen LogP contribution in [0.1, 0.15) is 24.1 Å². The minimum atomic E-state index is -0.739. The van der Waals surface area contributed by atoms with Crippen LogP contribution in [-0.4, -0.2) is 28.7 Å². The maximum Gasteiger partial charge on any atom is 0.308 e. The van der Waals surface area contributed by atoms with Crippen LogP contribution in [0.15, 0.2) is 54.7 Å². The molecule has 0 bridgehead atoms. The zero-order chi connectivity index (χ0) is 21.0. The van der Waals surface area contributed by atoms with Crippen molar-refractivity contribution >= 4 is 29.5 Å². The van der Waals surface area contributed by atoms with Crippen molar-refractivity contribution in [1.29, 1.82) is 5.26 Å². The maximum absolute atomic E-state index is 13.4. The molecule has 0 aromatic heterocycles. The highest BCUT2D eigenvalue weighted by atomic mass is 16.5. The van der Waals surface area contributed by atoms with Gasteiger partial charge < -0.3 is 9.64 Å². The van der Waals surface area contributed by atoms with Crippen molar-refractivity contribution in [1.82, 2.24) is 4.90 Å². The van der Waals surface area contributed by atoms with Crippen LogP contribution in [0.3, 0.4) is 0 Å². The second-order valence-corrected chi connectivity index (χ2v) is 7.56. The Hall–Kier alpha value is -3.92. The van der Waals surface area contributed by atoms with Crippen molar-refractivity contribution in [2.45, 2.75) is 19.0 Å². The Morgan fingerprint density at radius 2 is 1.73 bits per heavy atom. The molecule has 2 saturated heterocycles. The molecule has 2 amide bonds. The molecule has 5 rings (SSSR count). The Morgan fingerprint density at radius 3 is 2.43 bits per heavy atom. The third-order valence-corrected chi connectivity index (χ3v) is 5.95. The first-order valence-corrected chi connectivity index (χ1v) is 9.62. The quantitative estimate of drug-likeness (QED) is 0.438. The summed E-state index contributed by atoms with van der Waals surface area (Å²) in [6, 6.07) is 15.1. The maximum atomic E-state index is 13.4. The van der Waals surface area contributed by atoms with Gasteiger partial charge in [-0.05, 0) is 41.5 Å². The molecule has 148 valence electrons. The van der Waals surface area contributed by atoms with Gasteiger partial charge in [0.15, 0.2) is 0 Å². The van der Waals surface area contributed by atoms with Crippen LogP contribution in [0.25, 0.3) is 6.08 Å². The highest BCUT2D eigenvalue weighted by molar-refractivity contribution is 6.23. The van der Waals surface area contributed by atoms with E-state index in [1.165, 1.54) is 19.1 Å². The molecular formula is C23H17N3O4. The number of anilines is 1. The molecule has 2 aromatic carbocycles. The average molecular weight is 399 g/mol. The summed E-state index contributed by atoms with van der Waals surface area (Å²) in [5.74, 6) is -2.19. The molecule has 0 radical (unpaired) electrons. The Bertz CT molecular complexity index is 1150. The fourth-order valence-electron chi connectivity index (χ4n) is 4.79. The smallest absolute Gasteiger partial charge is 0.308 e. The van der Waals surface area contributed by atoms with E-state index < -0.39 is 23.8 Å². The number of carbonyl (C=O) groups is 3. The first kappa shape index (κ1) is 18.1. The molecule has 2 aromatic rings. The zero-order valence-electron chi connectivity index (χ0n) is 16.1. The molecule has 0 unspecified atom stereocenters. The monoisotopic (exact) mass is 399 g/mol. The Kier molecular flexibility index (Phi) is 3.97. The molecule has 2 fully saturated rings. The van der Waals surface area contributed by atoms with Crippen LogP contribution in [0.5, 0.6) is 5.75 Å². The van der Waals surface area contributed by atoms with Crippen LogP contribution in [0.4, 0.5) is 5.69 Å². The number of esters is 1. The molecule has 3 aliphatic rings. The minimum Gasteiger partial charge on any atom is -0.427 e. The van der Waals surface area contributed by atoms with E-state index in [-0.39, 0.29) is 17.9 Å². The summed E-state index contributed by atoms with van der Waals surface area (Å²) in [5, 5.41) is 9.83. The lowest BCUT2D eigenvalue weighted by molar-refractivity contribution is -0.132. The number of imide groups is 1. The van der Waals surface area contributed by atoms with E-state index >= 15 is 0 Å². The largest absolute Gasteiger partial charge is 0.427 e. The van der Waals surface area contributed by atoms with Gasteiger partial charge in [-0.2, -0.15) is 5.26 Å². The van der Waals surface area contributed by atoms with Gasteiger partial charge in [-0.25, -0.2) is 4.90 Å². The van der Waals surface area contributed by atoms with Crippen molar-refractivity contribution < 1.29 is 19.1 Å². The van der Waals surface area contributed by atoms with Gasteiger partial charge in [0.2, 0.25) is 11.8 Å². The molecule has 0 saturated carbocycles. The number of ether oxygens (including phenoxy) is 1. The second-order valence-electron chi connectivity index (χ2n) is 7.56. The van der Waals surface area contributed by atoms with Gasteiger partial charge in [0.1, 0.15) is 11.8 Å². The van der Waals surface area contributed by atoms with Gasteiger partial charge in [-0.3, -0.25) is 14.4 Å². The highest BCUT2D eigenvalue weighted by Crippen LogP contribution is 2.52. The molecule has 0 aliphatic carbocycles. The van der Waals surface area contributed by atoms with Gasteiger partial charge in [-0.1, -0.05) is 24.3 Å². The van der Waals surface area contributed by atoms with Gasteiger partial charge in [0.05, 0.1) is 29.6 Å². The lowest BCUT2D eigenvalue weighted by Crippen LogP contribution is -2.40. The SMILES string of the molecule is CC(=O)Oc1ccc(N2C(=O)[C@@H]3[C@H](C2=O)[C@H](C#N)N2C=Cc4ccccc4[C@@H]32)cc1. The first-order chi connectivity index (χ1) is 14.5. The molecule has 3 aliphatic heterocycles. The Balaban J connectivity index is 1.54. The van der Waals surface area contributed by atoms with E-state index in [2.05, 4.69) is 6.07 Å². The van der Waals surface area contributed by atoms with Crippen LogP contribution < -0.4 is 9.64 Å². The van der Waals surface area contributed by atoms with Crippen LogP contribution in [-0.2, 0) is 14.4 Å². The van der Waals surface area contributed by atoms with E-state index in [1.807, 2.05) is 41.4 Å². The number of nitriles is 1. The normalized spacial score (nSPS) is 26.1. The average Bonchev–Trinajstić information content (AvgIpc) is 3.21. The summed E-state index contributed by atoms with van der Waals surface area (Å²) in [7, 11) is 0.